The maximum absolute atomic E-state index is 5.14. The van der Waals surface area contributed by atoms with Crippen LogP contribution < -0.4 is 0 Å². The van der Waals surface area contributed by atoms with Crippen LogP contribution >= 0.6 is 22.7 Å². The SMILES string of the molecule is c1ccc(-c2nc(-c3ccccc3)nc(-c3cccc4sc5ccc(-c6ccc7c(c6)c6ccccc6n7-c6ccccc6-c6cccc7c6sc6ccccc67)cc5c34)n2)cc1. The van der Waals surface area contributed by atoms with Crippen LogP contribution in [0.15, 0.2) is 206 Å². The van der Waals surface area contributed by atoms with E-state index < -0.39 is 0 Å². The maximum atomic E-state index is 5.14. The monoisotopic (exact) mass is 838 g/mol. The van der Waals surface area contributed by atoms with Gasteiger partial charge in [-0.25, -0.2) is 15.0 Å². The Morgan fingerprint density at radius 3 is 1.68 bits per heavy atom. The molecule has 0 saturated carbocycles. The highest BCUT2D eigenvalue weighted by Crippen LogP contribution is 2.45. The van der Waals surface area contributed by atoms with Gasteiger partial charge in [0.15, 0.2) is 17.5 Å². The third-order valence-corrected chi connectivity index (χ3v) is 14.6. The minimum atomic E-state index is 0.656. The van der Waals surface area contributed by atoms with Crippen molar-refractivity contribution in [3.8, 4) is 62.1 Å². The van der Waals surface area contributed by atoms with Crippen LogP contribution in [0.25, 0.3) is 124 Å². The van der Waals surface area contributed by atoms with Crippen LogP contribution in [0.2, 0.25) is 0 Å². The van der Waals surface area contributed by atoms with Crippen molar-refractivity contribution >= 4 is 84.8 Å². The van der Waals surface area contributed by atoms with Gasteiger partial charge in [0.2, 0.25) is 0 Å². The summed E-state index contributed by atoms with van der Waals surface area (Å²) in [5.74, 6) is 1.98. The van der Waals surface area contributed by atoms with Crippen molar-refractivity contribution in [3.63, 3.8) is 0 Å². The summed E-state index contributed by atoms with van der Waals surface area (Å²) in [5.41, 5.74) is 11.3. The van der Waals surface area contributed by atoms with E-state index in [-0.39, 0.29) is 0 Å². The average molecular weight is 839 g/mol. The summed E-state index contributed by atoms with van der Waals surface area (Å²) in [6, 6.07) is 73.9. The van der Waals surface area contributed by atoms with Gasteiger partial charge in [0.05, 0.1) is 16.7 Å². The van der Waals surface area contributed by atoms with Gasteiger partial charge in [-0.3, -0.25) is 0 Å². The largest absolute Gasteiger partial charge is 0.309 e. The molecule has 13 aromatic rings. The molecule has 0 spiro atoms. The molecule has 0 aliphatic rings. The predicted molar refractivity (Wildman–Crippen MR) is 267 cm³/mol. The molecule has 6 heteroatoms. The van der Waals surface area contributed by atoms with Crippen LogP contribution in [0.1, 0.15) is 0 Å². The highest BCUT2D eigenvalue weighted by Gasteiger charge is 2.20. The molecule has 4 nitrogen and oxygen atoms in total. The molecule has 4 heterocycles. The number of fused-ring (bicyclic) bond motifs is 9. The first-order valence-electron chi connectivity index (χ1n) is 21.1. The molecule has 13 rings (SSSR count). The third kappa shape index (κ3) is 5.83. The molecule has 0 unspecified atom stereocenters. The average Bonchev–Trinajstić information content (AvgIpc) is 4.04. The lowest BCUT2D eigenvalue weighted by Gasteiger charge is -2.15. The van der Waals surface area contributed by atoms with Crippen LogP contribution in [-0.4, -0.2) is 19.5 Å². The van der Waals surface area contributed by atoms with Gasteiger partial charge in [0.1, 0.15) is 0 Å². The van der Waals surface area contributed by atoms with Gasteiger partial charge in [-0.05, 0) is 59.7 Å². The topological polar surface area (TPSA) is 43.6 Å². The van der Waals surface area contributed by atoms with E-state index in [1.54, 1.807) is 0 Å². The van der Waals surface area contributed by atoms with E-state index in [4.69, 9.17) is 15.0 Å². The number of benzene rings is 9. The Morgan fingerprint density at radius 1 is 0.317 bits per heavy atom. The Balaban J connectivity index is 0.971. The second-order valence-corrected chi connectivity index (χ2v) is 18.0. The molecule has 0 bridgehead atoms. The smallest absolute Gasteiger partial charge is 0.164 e. The van der Waals surface area contributed by atoms with Gasteiger partial charge in [-0.1, -0.05) is 158 Å². The molecule has 0 aliphatic heterocycles. The number of aromatic nitrogens is 4. The van der Waals surface area contributed by atoms with Crippen molar-refractivity contribution in [2.75, 3.05) is 0 Å². The summed E-state index contributed by atoms with van der Waals surface area (Å²) in [6.45, 7) is 0. The van der Waals surface area contributed by atoms with E-state index in [9.17, 15) is 0 Å². The number of nitrogens with zero attached hydrogens (tertiary/aromatic N) is 4. The van der Waals surface area contributed by atoms with Crippen molar-refractivity contribution in [3.05, 3.63) is 206 Å². The number of thiophene rings is 2. The normalized spacial score (nSPS) is 11.8. The van der Waals surface area contributed by atoms with Gasteiger partial charge in [0.25, 0.3) is 0 Å². The molecule has 0 aliphatic carbocycles. The molecule has 0 N–H and O–H groups in total. The van der Waals surface area contributed by atoms with Crippen molar-refractivity contribution in [2.45, 2.75) is 0 Å². The first kappa shape index (κ1) is 35.9. The fourth-order valence-corrected chi connectivity index (χ4v) is 11.7. The highest BCUT2D eigenvalue weighted by molar-refractivity contribution is 7.26. The summed E-state index contributed by atoms with van der Waals surface area (Å²) in [6.07, 6.45) is 0. The molecule has 0 fully saturated rings. The van der Waals surface area contributed by atoms with E-state index in [1.165, 1.54) is 79.1 Å². The van der Waals surface area contributed by atoms with Crippen LogP contribution in [0.5, 0.6) is 0 Å². The number of rotatable bonds is 6. The standard InChI is InChI=1S/C57H34N4S2/c1-3-15-35(16-4-1)55-58-56(36-17-5-2-6-18-36)60-57(59-55)44-24-14-28-52-53(44)46-34-38(30-32-51(46)62-52)37-29-31-49-45(33-37)40-20-8-11-26-48(40)61(49)47-25-10-7-19-39(47)42-22-13-23-43-41-21-9-12-27-50(41)63-54(42)43/h1-34H. The zero-order chi connectivity index (χ0) is 41.4. The van der Waals surface area contributed by atoms with Gasteiger partial charge < -0.3 is 4.57 Å². The van der Waals surface area contributed by atoms with Crippen molar-refractivity contribution in [2.24, 2.45) is 0 Å². The minimum absolute atomic E-state index is 0.656. The fourth-order valence-electron chi connectivity index (χ4n) is 9.39. The molecule has 0 radical (unpaired) electrons. The van der Waals surface area contributed by atoms with E-state index >= 15 is 0 Å². The Hall–Kier alpha value is -7.77. The minimum Gasteiger partial charge on any atom is -0.309 e. The Morgan fingerprint density at radius 2 is 0.873 bits per heavy atom. The predicted octanol–water partition coefficient (Wildman–Crippen LogP) is 16.0. The van der Waals surface area contributed by atoms with Gasteiger partial charge >= 0.3 is 0 Å². The van der Waals surface area contributed by atoms with Crippen molar-refractivity contribution < 1.29 is 0 Å². The van der Waals surface area contributed by atoms with E-state index in [0.29, 0.717) is 17.5 Å². The van der Waals surface area contributed by atoms with Gasteiger partial charge in [-0.15, -0.1) is 22.7 Å². The van der Waals surface area contributed by atoms with Gasteiger partial charge in [0, 0.05) is 78.9 Å². The third-order valence-electron chi connectivity index (χ3n) is 12.3. The maximum Gasteiger partial charge on any atom is 0.164 e. The lowest BCUT2D eigenvalue weighted by atomic mass is 9.99. The summed E-state index contributed by atoms with van der Waals surface area (Å²) >= 11 is 3.69. The second kappa shape index (κ2) is 14.4. The lowest BCUT2D eigenvalue weighted by Crippen LogP contribution is -2.00. The number of hydrogen-bond acceptors (Lipinski definition) is 5. The number of hydrogen-bond donors (Lipinski definition) is 0. The highest BCUT2D eigenvalue weighted by atomic mass is 32.1. The first-order chi connectivity index (χ1) is 31.2. The molecular weight excluding hydrogens is 805 g/mol. The summed E-state index contributed by atoms with van der Waals surface area (Å²) < 4.78 is 7.51. The zero-order valence-corrected chi connectivity index (χ0v) is 35.4. The quantitative estimate of drug-likeness (QED) is 0.168. The summed E-state index contributed by atoms with van der Waals surface area (Å²) in [4.78, 5) is 15.2. The van der Waals surface area contributed by atoms with Crippen LogP contribution in [0.3, 0.4) is 0 Å². The molecule has 4 aromatic heterocycles. The molecular formula is C57H34N4S2. The lowest BCUT2D eigenvalue weighted by molar-refractivity contribution is 1.08. The Bertz CT molecular complexity index is 3860. The van der Waals surface area contributed by atoms with Crippen molar-refractivity contribution in [1.82, 2.24) is 19.5 Å². The Kier molecular flexibility index (Phi) is 8.22. The molecule has 294 valence electrons. The van der Waals surface area contributed by atoms with Crippen LogP contribution in [0, 0.1) is 0 Å². The van der Waals surface area contributed by atoms with E-state index in [0.717, 1.165) is 27.6 Å². The zero-order valence-electron chi connectivity index (χ0n) is 33.7. The Labute approximate surface area is 370 Å². The molecule has 0 atom stereocenters. The van der Waals surface area contributed by atoms with E-state index in [2.05, 4.69) is 174 Å². The van der Waals surface area contributed by atoms with Crippen LogP contribution in [-0.2, 0) is 0 Å². The second-order valence-electron chi connectivity index (χ2n) is 15.9. The van der Waals surface area contributed by atoms with Crippen LogP contribution in [0.4, 0.5) is 0 Å². The molecule has 0 amide bonds. The van der Waals surface area contributed by atoms with E-state index in [1.807, 2.05) is 59.1 Å². The van der Waals surface area contributed by atoms with Gasteiger partial charge in [-0.2, -0.15) is 0 Å². The molecule has 0 saturated heterocycles. The van der Waals surface area contributed by atoms with Crippen molar-refractivity contribution in [1.29, 1.82) is 0 Å². The number of para-hydroxylation sites is 2. The summed E-state index contributed by atoms with van der Waals surface area (Å²) in [7, 11) is 0. The fraction of sp³-hybridized carbons (Fsp3) is 0. The molecule has 63 heavy (non-hydrogen) atoms. The molecule has 9 aromatic carbocycles. The first-order valence-corrected chi connectivity index (χ1v) is 22.7. The summed E-state index contributed by atoms with van der Waals surface area (Å²) in [5, 5.41) is 7.42.